The van der Waals surface area contributed by atoms with Crippen LogP contribution < -0.4 is 4.90 Å². The first kappa shape index (κ1) is 13.6. The van der Waals surface area contributed by atoms with Crippen molar-refractivity contribution < 1.29 is 0 Å². The minimum absolute atomic E-state index is 0.727. The van der Waals surface area contributed by atoms with Crippen molar-refractivity contribution in [2.45, 2.75) is 43.5 Å². The molecular weight excluding hydrogens is 324 g/mol. The number of benzene rings is 1. The summed E-state index contributed by atoms with van der Waals surface area (Å²) in [5.74, 6) is 2.12. The van der Waals surface area contributed by atoms with Crippen molar-refractivity contribution in [3.63, 3.8) is 0 Å². The summed E-state index contributed by atoms with van der Waals surface area (Å²) in [6.07, 6.45) is 6.89. The molecule has 2 unspecified atom stereocenters. The van der Waals surface area contributed by atoms with E-state index in [2.05, 4.69) is 51.2 Å². The highest BCUT2D eigenvalue weighted by atomic mass is 79.9. The van der Waals surface area contributed by atoms with E-state index in [-0.39, 0.29) is 0 Å². The van der Waals surface area contributed by atoms with Crippen LogP contribution in [-0.4, -0.2) is 17.6 Å². The fourth-order valence-electron chi connectivity index (χ4n) is 4.21. The van der Waals surface area contributed by atoms with E-state index in [1.165, 1.54) is 55.4 Å². The second-order valence-electron chi connectivity index (χ2n) is 6.39. The first-order valence-electron chi connectivity index (χ1n) is 8.08. The summed E-state index contributed by atoms with van der Waals surface area (Å²) in [4.78, 5) is 7.64. The summed E-state index contributed by atoms with van der Waals surface area (Å²) < 4.78 is 0. The largest absolute Gasteiger partial charge is 0.353 e. The summed E-state index contributed by atoms with van der Waals surface area (Å²) >= 11 is 3.67. The first-order valence-corrected chi connectivity index (χ1v) is 9.20. The van der Waals surface area contributed by atoms with Crippen LogP contribution in [0.25, 0.3) is 10.9 Å². The van der Waals surface area contributed by atoms with Gasteiger partial charge in [0.2, 0.25) is 0 Å². The van der Waals surface area contributed by atoms with Gasteiger partial charge in [-0.1, -0.05) is 40.5 Å². The lowest BCUT2D eigenvalue weighted by molar-refractivity contribution is 0.360. The number of rotatable bonds is 2. The molecule has 1 aromatic carbocycles. The van der Waals surface area contributed by atoms with Crippen LogP contribution in [0.2, 0.25) is 0 Å². The van der Waals surface area contributed by atoms with E-state index in [1.807, 2.05) is 0 Å². The second kappa shape index (κ2) is 5.60. The van der Waals surface area contributed by atoms with Crippen molar-refractivity contribution in [3.8, 4) is 0 Å². The third kappa shape index (κ3) is 2.36. The molecule has 2 aliphatic rings. The predicted molar refractivity (Wildman–Crippen MR) is 92.1 cm³/mol. The van der Waals surface area contributed by atoms with Gasteiger partial charge >= 0.3 is 0 Å². The molecule has 2 nitrogen and oxygen atoms in total. The first-order chi connectivity index (χ1) is 10.4. The Bertz CT molecular complexity index is 655. The molecule has 0 spiro atoms. The standard InChI is InChI=1S/C18H21BrN2/c19-12-15-11-14-5-1-2-8-16(14)20-18(15)21-10-4-7-13-6-3-9-17(13)21/h1-2,5,8,11,13,17H,3-4,6-7,9-10,12H2. The number of pyridine rings is 1. The van der Waals surface area contributed by atoms with Gasteiger partial charge in [-0.05, 0) is 43.7 Å². The van der Waals surface area contributed by atoms with Gasteiger partial charge in [-0.3, -0.25) is 0 Å². The summed E-state index contributed by atoms with van der Waals surface area (Å²) in [6.45, 7) is 1.17. The number of alkyl halides is 1. The average molecular weight is 345 g/mol. The minimum Gasteiger partial charge on any atom is -0.353 e. The molecule has 110 valence electrons. The molecule has 1 saturated heterocycles. The Balaban J connectivity index is 1.80. The van der Waals surface area contributed by atoms with Gasteiger partial charge in [-0.25, -0.2) is 4.98 Å². The van der Waals surface area contributed by atoms with E-state index in [9.17, 15) is 0 Å². The number of hydrogen-bond acceptors (Lipinski definition) is 2. The van der Waals surface area contributed by atoms with Gasteiger partial charge in [0, 0.05) is 28.9 Å². The number of fused-ring (bicyclic) bond motifs is 2. The van der Waals surface area contributed by atoms with E-state index in [0.29, 0.717) is 0 Å². The molecule has 1 saturated carbocycles. The van der Waals surface area contributed by atoms with Crippen LogP contribution in [-0.2, 0) is 5.33 Å². The van der Waals surface area contributed by atoms with Gasteiger partial charge in [-0.15, -0.1) is 0 Å². The summed E-state index contributed by atoms with van der Waals surface area (Å²) in [7, 11) is 0. The fraction of sp³-hybridized carbons (Fsp3) is 0.500. The van der Waals surface area contributed by atoms with E-state index in [4.69, 9.17) is 4.98 Å². The highest BCUT2D eigenvalue weighted by Crippen LogP contribution is 2.40. The fourth-order valence-corrected chi connectivity index (χ4v) is 4.63. The number of anilines is 1. The van der Waals surface area contributed by atoms with Crippen LogP contribution in [0.1, 0.15) is 37.7 Å². The highest BCUT2D eigenvalue weighted by Gasteiger charge is 2.36. The topological polar surface area (TPSA) is 16.1 Å². The normalized spacial score (nSPS) is 25.3. The number of aromatic nitrogens is 1. The van der Waals surface area contributed by atoms with Gasteiger partial charge in [0.25, 0.3) is 0 Å². The lowest BCUT2D eigenvalue weighted by Gasteiger charge is -2.39. The van der Waals surface area contributed by atoms with E-state index in [1.54, 1.807) is 0 Å². The molecule has 0 bridgehead atoms. The molecule has 21 heavy (non-hydrogen) atoms. The Labute approximate surface area is 134 Å². The Hall–Kier alpha value is -1.09. The maximum absolute atomic E-state index is 5.03. The SMILES string of the molecule is BrCc1cc2ccccc2nc1N1CCCC2CCCC21. The molecule has 0 amide bonds. The molecule has 0 N–H and O–H groups in total. The quantitative estimate of drug-likeness (QED) is 0.720. The molecule has 2 fully saturated rings. The molecule has 2 heterocycles. The van der Waals surface area contributed by atoms with Crippen molar-refractivity contribution in [1.82, 2.24) is 4.98 Å². The Morgan fingerprint density at radius 1 is 1.14 bits per heavy atom. The van der Waals surface area contributed by atoms with Crippen molar-refractivity contribution in [3.05, 3.63) is 35.9 Å². The van der Waals surface area contributed by atoms with Gasteiger partial charge in [0.05, 0.1) is 5.52 Å². The van der Waals surface area contributed by atoms with E-state index >= 15 is 0 Å². The summed E-state index contributed by atoms with van der Waals surface area (Å²) in [5, 5.41) is 2.13. The number of halogens is 1. The maximum atomic E-state index is 5.03. The highest BCUT2D eigenvalue weighted by molar-refractivity contribution is 9.08. The zero-order valence-corrected chi connectivity index (χ0v) is 13.8. The van der Waals surface area contributed by atoms with Crippen LogP contribution >= 0.6 is 15.9 Å². The van der Waals surface area contributed by atoms with Crippen LogP contribution in [0.5, 0.6) is 0 Å². The minimum atomic E-state index is 0.727. The van der Waals surface area contributed by atoms with Crippen LogP contribution in [0.3, 0.4) is 0 Å². The lowest BCUT2D eigenvalue weighted by Crippen LogP contribution is -2.43. The van der Waals surface area contributed by atoms with Crippen LogP contribution in [0.4, 0.5) is 5.82 Å². The van der Waals surface area contributed by atoms with Gasteiger partial charge in [-0.2, -0.15) is 0 Å². The molecule has 4 rings (SSSR count). The Morgan fingerprint density at radius 3 is 2.90 bits per heavy atom. The Kier molecular flexibility index (Phi) is 3.62. The van der Waals surface area contributed by atoms with Crippen LogP contribution in [0.15, 0.2) is 30.3 Å². The summed E-state index contributed by atoms with van der Waals surface area (Å²) in [5.41, 5.74) is 2.46. The molecule has 1 aliphatic carbocycles. The van der Waals surface area contributed by atoms with Crippen molar-refractivity contribution >= 4 is 32.7 Å². The smallest absolute Gasteiger partial charge is 0.133 e. The van der Waals surface area contributed by atoms with Crippen LogP contribution in [0, 0.1) is 5.92 Å². The van der Waals surface area contributed by atoms with Gasteiger partial charge in [0.15, 0.2) is 0 Å². The number of nitrogens with zero attached hydrogens (tertiary/aromatic N) is 2. The molecule has 2 atom stereocenters. The predicted octanol–water partition coefficient (Wildman–Crippen LogP) is 4.90. The number of hydrogen-bond donors (Lipinski definition) is 0. The lowest BCUT2D eigenvalue weighted by atomic mass is 9.91. The third-order valence-corrected chi connectivity index (χ3v) is 5.79. The summed E-state index contributed by atoms with van der Waals surface area (Å²) in [6, 6.07) is 11.5. The molecule has 0 radical (unpaired) electrons. The molecule has 3 heteroatoms. The molecular formula is C18H21BrN2. The molecule has 1 aromatic heterocycles. The zero-order valence-electron chi connectivity index (χ0n) is 12.3. The second-order valence-corrected chi connectivity index (χ2v) is 6.95. The van der Waals surface area contributed by atoms with Crippen molar-refractivity contribution in [1.29, 1.82) is 0 Å². The maximum Gasteiger partial charge on any atom is 0.133 e. The third-order valence-electron chi connectivity index (χ3n) is 5.19. The van der Waals surface area contributed by atoms with Crippen molar-refractivity contribution in [2.24, 2.45) is 5.92 Å². The van der Waals surface area contributed by atoms with Gasteiger partial charge < -0.3 is 4.90 Å². The zero-order chi connectivity index (χ0) is 14.2. The number of piperidine rings is 1. The Morgan fingerprint density at radius 2 is 2.00 bits per heavy atom. The van der Waals surface area contributed by atoms with Gasteiger partial charge in [0.1, 0.15) is 5.82 Å². The van der Waals surface area contributed by atoms with E-state index < -0.39 is 0 Å². The van der Waals surface area contributed by atoms with E-state index in [0.717, 1.165) is 22.8 Å². The molecule has 2 aromatic rings. The van der Waals surface area contributed by atoms with Crippen molar-refractivity contribution in [2.75, 3.05) is 11.4 Å². The monoisotopic (exact) mass is 344 g/mol. The average Bonchev–Trinajstić information content (AvgIpc) is 3.02. The molecule has 1 aliphatic heterocycles. The number of para-hydroxylation sites is 1.